The third-order valence-corrected chi connectivity index (χ3v) is 4.58. The second-order valence-corrected chi connectivity index (χ2v) is 8.26. The smallest absolute Gasteiger partial charge is 0.407 e. The van der Waals surface area contributed by atoms with Gasteiger partial charge in [0.05, 0.1) is 7.11 Å². The third kappa shape index (κ3) is 7.05. The van der Waals surface area contributed by atoms with E-state index in [2.05, 4.69) is 5.32 Å². The molecule has 1 heterocycles. The lowest BCUT2D eigenvalue weighted by Gasteiger charge is -2.22. The van der Waals surface area contributed by atoms with E-state index in [0.29, 0.717) is 25.9 Å². The Morgan fingerprint density at radius 3 is 2.59 bits per heavy atom. The van der Waals surface area contributed by atoms with Gasteiger partial charge < -0.3 is 25.4 Å². The summed E-state index contributed by atoms with van der Waals surface area (Å²) in [6.45, 7) is 6.12. The largest absolute Gasteiger partial charge is 0.467 e. The van der Waals surface area contributed by atoms with Crippen molar-refractivity contribution in [2.45, 2.75) is 64.3 Å². The topological polar surface area (TPSA) is 111 Å². The van der Waals surface area contributed by atoms with E-state index >= 15 is 0 Å². The molecule has 0 aromatic heterocycles. The number of nitrogens with one attached hydrogen (secondary N) is 1. The van der Waals surface area contributed by atoms with Crippen molar-refractivity contribution in [1.82, 2.24) is 10.2 Å². The van der Waals surface area contributed by atoms with Crippen molar-refractivity contribution >= 4 is 18.0 Å². The van der Waals surface area contributed by atoms with Crippen LogP contribution in [0.2, 0.25) is 0 Å². The summed E-state index contributed by atoms with van der Waals surface area (Å²) in [6.07, 6.45) is 0.740. The molecule has 1 fully saturated rings. The maximum atomic E-state index is 12.6. The molecule has 3 N–H and O–H groups in total. The maximum absolute atomic E-state index is 12.6. The van der Waals surface area contributed by atoms with Crippen LogP contribution >= 0.6 is 0 Å². The molecule has 2 atom stereocenters. The minimum Gasteiger partial charge on any atom is -0.467 e. The predicted molar refractivity (Wildman–Crippen MR) is 108 cm³/mol. The third-order valence-electron chi connectivity index (χ3n) is 4.58. The molecule has 0 aliphatic carbocycles. The number of hydrogen-bond acceptors (Lipinski definition) is 6. The van der Waals surface area contributed by atoms with E-state index in [9.17, 15) is 14.4 Å². The Balaban J connectivity index is 1.89. The van der Waals surface area contributed by atoms with Gasteiger partial charge in [0, 0.05) is 25.6 Å². The highest BCUT2D eigenvalue weighted by Crippen LogP contribution is 2.20. The summed E-state index contributed by atoms with van der Waals surface area (Å²) in [5.74, 6) is -0.549. The van der Waals surface area contributed by atoms with Crippen molar-refractivity contribution in [1.29, 1.82) is 0 Å². The van der Waals surface area contributed by atoms with Gasteiger partial charge in [-0.3, -0.25) is 4.79 Å². The average Bonchev–Trinajstić information content (AvgIpc) is 3.04. The number of aryl methyl sites for hydroxylation is 1. The lowest BCUT2D eigenvalue weighted by molar-refractivity contribution is -0.150. The van der Waals surface area contributed by atoms with Crippen molar-refractivity contribution < 1.29 is 23.9 Å². The van der Waals surface area contributed by atoms with Crippen LogP contribution in [-0.2, 0) is 32.0 Å². The zero-order valence-corrected chi connectivity index (χ0v) is 17.6. The minimum atomic E-state index is -0.605. The van der Waals surface area contributed by atoms with E-state index in [-0.39, 0.29) is 18.4 Å². The zero-order valence-electron chi connectivity index (χ0n) is 17.6. The van der Waals surface area contributed by atoms with Crippen molar-refractivity contribution in [2.75, 3.05) is 13.7 Å². The lowest BCUT2D eigenvalue weighted by Crippen LogP contribution is -2.41. The van der Waals surface area contributed by atoms with Gasteiger partial charge in [-0.05, 0) is 44.7 Å². The van der Waals surface area contributed by atoms with E-state index in [1.807, 2.05) is 45.0 Å². The van der Waals surface area contributed by atoms with Crippen LogP contribution < -0.4 is 11.1 Å². The van der Waals surface area contributed by atoms with E-state index in [0.717, 1.165) is 11.1 Å². The molecule has 1 aromatic rings. The van der Waals surface area contributed by atoms with Gasteiger partial charge in [0.25, 0.3) is 0 Å². The summed E-state index contributed by atoms with van der Waals surface area (Å²) < 4.78 is 10.0. The minimum absolute atomic E-state index is 0.120. The molecule has 2 amide bonds. The first-order valence-electron chi connectivity index (χ1n) is 9.76. The normalized spacial score (nSPS) is 19.0. The van der Waals surface area contributed by atoms with Crippen molar-refractivity contribution in [2.24, 2.45) is 5.73 Å². The molecular weight excluding hydrogens is 374 g/mol. The first-order chi connectivity index (χ1) is 13.6. The Labute approximate surface area is 171 Å². The molecule has 0 bridgehead atoms. The second-order valence-electron chi connectivity index (χ2n) is 8.26. The van der Waals surface area contributed by atoms with Crippen LogP contribution in [0.1, 0.15) is 44.7 Å². The Hall–Kier alpha value is -2.61. The Morgan fingerprint density at radius 2 is 1.93 bits per heavy atom. The highest BCUT2D eigenvalue weighted by molar-refractivity contribution is 5.85. The second kappa shape index (κ2) is 9.73. The fourth-order valence-corrected chi connectivity index (χ4v) is 3.28. The van der Waals surface area contributed by atoms with Crippen molar-refractivity contribution in [3.63, 3.8) is 0 Å². The molecule has 8 heteroatoms. The molecule has 160 valence electrons. The molecule has 1 aromatic carbocycles. The highest BCUT2D eigenvalue weighted by Gasteiger charge is 2.38. The molecule has 2 rings (SSSR count). The number of rotatable bonds is 6. The molecular formula is C21H31N3O5. The molecule has 0 spiro atoms. The van der Waals surface area contributed by atoms with Gasteiger partial charge in [-0.15, -0.1) is 0 Å². The molecule has 1 unspecified atom stereocenters. The molecule has 1 aliphatic rings. The van der Waals surface area contributed by atoms with Crippen LogP contribution in [0.25, 0.3) is 0 Å². The summed E-state index contributed by atoms with van der Waals surface area (Å²) in [6, 6.07) is 6.83. The van der Waals surface area contributed by atoms with E-state index in [4.69, 9.17) is 15.2 Å². The Morgan fingerprint density at radius 1 is 1.24 bits per heavy atom. The molecule has 29 heavy (non-hydrogen) atoms. The molecule has 0 radical (unpaired) electrons. The van der Waals surface area contributed by atoms with Crippen LogP contribution in [0.5, 0.6) is 0 Å². The van der Waals surface area contributed by atoms with Crippen LogP contribution in [0, 0.1) is 0 Å². The van der Waals surface area contributed by atoms with Gasteiger partial charge in [-0.25, -0.2) is 9.59 Å². The summed E-state index contributed by atoms with van der Waals surface area (Å²) in [5, 5.41) is 2.72. The van der Waals surface area contributed by atoms with Gasteiger partial charge in [-0.2, -0.15) is 0 Å². The summed E-state index contributed by atoms with van der Waals surface area (Å²) in [4.78, 5) is 37.8. The lowest BCUT2D eigenvalue weighted by atomic mass is 10.1. The number of ether oxygens (including phenoxy) is 2. The van der Waals surface area contributed by atoms with Crippen molar-refractivity contribution in [3.8, 4) is 0 Å². The number of nitrogens with zero attached hydrogens (tertiary/aromatic N) is 1. The number of carbonyl (C=O) groups is 3. The van der Waals surface area contributed by atoms with Gasteiger partial charge in [0.1, 0.15) is 11.6 Å². The van der Waals surface area contributed by atoms with E-state index < -0.39 is 23.7 Å². The standard InChI is InChI=1S/C21H31N3O5/c1-21(2,3)29-20(27)23-12-15-7-5-6-14(10-15)8-9-18(25)24-13-16(22)11-17(24)19(26)28-4/h5-7,10,16-17H,8-9,11-13,22H2,1-4H3,(H,23,27)/t16?,17-/m0/s1. The number of methoxy groups -OCH3 is 1. The molecule has 0 saturated carbocycles. The number of nitrogens with two attached hydrogens (primary N) is 1. The quantitative estimate of drug-likeness (QED) is 0.698. The number of alkyl carbamates (subject to hydrolysis) is 1. The van der Waals surface area contributed by atoms with Crippen LogP contribution in [0.4, 0.5) is 4.79 Å². The molecule has 1 saturated heterocycles. The number of hydrogen-bond donors (Lipinski definition) is 2. The monoisotopic (exact) mass is 405 g/mol. The summed E-state index contributed by atoms with van der Waals surface area (Å²) in [5.41, 5.74) is 7.26. The molecule has 1 aliphatic heterocycles. The number of esters is 1. The summed E-state index contributed by atoms with van der Waals surface area (Å²) in [7, 11) is 1.31. The number of amides is 2. The van der Waals surface area contributed by atoms with Crippen molar-refractivity contribution in [3.05, 3.63) is 35.4 Å². The Kier molecular flexibility index (Phi) is 7.61. The van der Waals surface area contributed by atoms with Gasteiger partial charge in [0.15, 0.2) is 0 Å². The fourth-order valence-electron chi connectivity index (χ4n) is 3.28. The van der Waals surface area contributed by atoms with Crippen LogP contribution in [-0.4, -0.2) is 54.2 Å². The highest BCUT2D eigenvalue weighted by atomic mass is 16.6. The Bertz CT molecular complexity index is 744. The van der Waals surface area contributed by atoms with Crippen LogP contribution in [0.3, 0.4) is 0 Å². The van der Waals surface area contributed by atoms with Gasteiger partial charge in [0.2, 0.25) is 5.91 Å². The maximum Gasteiger partial charge on any atom is 0.407 e. The summed E-state index contributed by atoms with van der Waals surface area (Å²) >= 11 is 0. The number of carbonyl (C=O) groups excluding carboxylic acids is 3. The fraction of sp³-hybridized carbons (Fsp3) is 0.571. The van der Waals surface area contributed by atoms with Crippen LogP contribution in [0.15, 0.2) is 24.3 Å². The number of benzene rings is 1. The van der Waals surface area contributed by atoms with E-state index in [1.54, 1.807) is 0 Å². The first kappa shape index (κ1) is 22.7. The van der Waals surface area contributed by atoms with Gasteiger partial charge in [-0.1, -0.05) is 24.3 Å². The SMILES string of the molecule is COC(=O)[C@@H]1CC(N)CN1C(=O)CCc1cccc(CNC(=O)OC(C)(C)C)c1. The van der Waals surface area contributed by atoms with E-state index in [1.165, 1.54) is 12.0 Å². The predicted octanol–water partition coefficient (Wildman–Crippen LogP) is 1.75. The number of likely N-dealkylation sites (tertiary alicyclic amines) is 1. The molecule has 8 nitrogen and oxygen atoms in total. The van der Waals surface area contributed by atoms with Gasteiger partial charge >= 0.3 is 12.1 Å². The first-order valence-corrected chi connectivity index (χ1v) is 9.76. The zero-order chi connectivity index (χ0) is 21.6. The average molecular weight is 405 g/mol.